The van der Waals surface area contributed by atoms with Crippen molar-refractivity contribution >= 4 is 17.2 Å². The Labute approximate surface area is 170 Å². The van der Waals surface area contributed by atoms with E-state index < -0.39 is 0 Å². The summed E-state index contributed by atoms with van der Waals surface area (Å²) < 4.78 is 5.88. The molecule has 1 fully saturated rings. The van der Waals surface area contributed by atoms with Crippen LogP contribution in [-0.2, 0) is 0 Å². The molecule has 1 aromatic carbocycles. The number of rotatable bonds is 4. The Hall–Kier alpha value is -3.33. The largest absolute Gasteiger partial charge is 0.420 e. The third-order valence-electron chi connectivity index (χ3n) is 4.93. The first-order valence-corrected chi connectivity index (χ1v) is 10.3. The van der Waals surface area contributed by atoms with Crippen molar-refractivity contribution in [2.45, 2.75) is 18.8 Å². The van der Waals surface area contributed by atoms with Gasteiger partial charge in [-0.25, -0.2) is 0 Å². The quantitative estimate of drug-likeness (QED) is 0.516. The summed E-state index contributed by atoms with van der Waals surface area (Å²) in [5.74, 6) is 1.01. The third kappa shape index (κ3) is 3.56. The number of thiophene rings is 1. The number of carbonyl (C=O) groups is 1. The van der Waals surface area contributed by atoms with E-state index in [1.165, 1.54) is 11.0 Å². The van der Waals surface area contributed by atoms with Crippen molar-refractivity contribution in [3.63, 3.8) is 0 Å². The van der Waals surface area contributed by atoms with Gasteiger partial charge in [0.1, 0.15) is 0 Å². The molecule has 0 radical (unpaired) electrons. The fourth-order valence-corrected chi connectivity index (χ4v) is 4.12. The number of piperidine rings is 1. The van der Waals surface area contributed by atoms with Gasteiger partial charge in [-0.3, -0.25) is 4.79 Å². The first-order chi connectivity index (χ1) is 14.3. The summed E-state index contributed by atoms with van der Waals surface area (Å²) in [4.78, 5) is 17.2. The van der Waals surface area contributed by atoms with E-state index >= 15 is 0 Å². The second kappa shape index (κ2) is 7.59. The van der Waals surface area contributed by atoms with E-state index in [0.717, 1.165) is 23.4 Å². The summed E-state index contributed by atoms with van der Waals surface area (Å²) >= 11 is 1.56. The van der Waals surface area contributed by atoms with E-state index in [0.29, 0.717) is 30.6 Å². The Balaban J connectivity index is 1.31. The lowest BCUT2D eigenvalue weighted by Gasteiger charge is -2.30. The van der Waals surface area contributed by atoms with Gasteiger partial charge in [0.15, 0.2) is 5.69 Å². The van der Waals surface area contributed by atoms with Gasteiger partial charge >= 0.3 is 0 Å². The molecule has 0 N–H and O–H groups in total. The first kappa shape index (κ1) is 17.7. The van der Waals surface area contributed by atoms with Crippen LogP contribution in [0.3, 0.4) is 0 Å². The number of aromatic nitrogens is 5. The van der Waals surface area contributed by atoms with Crippen LogP contribution in [0.4, 0.5) is 0 Å². The maximum Gasteiger partial charge on any atom is 0.276 e. The van der Waals surface area contributed by atoms with Crippen molar-refractivity contribution in [1.82, 2.24) is 30.1 Å². The number of nitrogens with zero attached hydrogens (tertiary/aromatic N) is 6. The maximum absolute atomic E-state index is 13.0. The van der Waals surface area contributed by atoms with Crippen LogP contribution in [0.25, 0.3) is 16.5 Å². The summed E-state index contributed by atoms with van der Waals surface area (Å²) in [7, 11) is 0. The molecule has 0 spiro atoms. The average Bonchev–Trinajstić information content (AvgIpc) is 3.55. The lowest BCUT2D eigenvalue weighted by atomic mass is 9.98. The van der Waals surface area contributed by atoms with Crippen molar-refractivity contribution < 1.29 is 9.21 Å². The molecule has 1 saturated heterocycles. The fraction of sp³-hybridized carbons (Fsp3) is 0.250. The molecule has 9 heteroatoms. The van der Waals surface area contributed by atoms with Gasteiger partial charge in [0.05, 0.1) is 22.7 Å². The number of amides is 1. The zero-order chi connectivity index (χ0) is 19.6. The van der Waals surface area contributed by atoms with Gasteiger partial charge in [-0.1, -0.05) is 24.3 Å². The Morgan fingerprint density at radius 2 is 2.03 bits per heavy atom. The minimum Gasteiger partial charge on any atom is -0.420 e. The van der Waals surface area contributed by atoms with Gasteiger partial charge in [-0.2, -0.15) is 9.90 Å². The van der Waals surface area contributed by atoms with E-state index in [9.17, 15) is 4.79 Å². The number of hydrogen-bond donors (Lipinski definition) is 0. The number of para-hydroxylation sites is 1. The summed E-state index contributed by atoms with van der Waals surface area (Å²) in [5.41, 5.74) is 1.15. The van der Waals surface area contributed by atoms with E-state index in [1.807, 2.05) is 47.8 Å². The molecule has 3 aromatic heterocycles. The summed E-state index contributed by atoms with van der Waals surface area (Å²) in [5, 5.41) is 18.9. The minimum atomic E-state index is -0.130. The van der Waals surface area contributed by atoms with Crippen LogP contribution in [0.2, 0.25) is 0 Å². The predicted molar refractivity (Wildman–Crippen MR) is 107 cm³/mol. The molecule has 1 atom stereocenters. The van der Waals surface area contributed by atoms with Crippen molar-refractivity contribution in [3.8, 4) is 16.5 Å². The molecular weight excluding hydrogens is 388 g/mol. The van der Waals surface area contributed by atoms with E-state index in [1.54, 1.807) is 16.2 Å². The lowest BCUT2D eigenvalue weighted by Crippen LogP contribution is -2.39. The molecule has 0 unspecified atom stereocenters. The van der Waals surface area contributed by atoms with Gasteiger partial charge in [0.25, 0.3) is 11.8 Å². The lowest BCUT2D eigenvalue weighted by molar-refractivity contribution is 0.0692. The van der Waals surface area contributed by atoms with Gasteiger partial charge in [-0.05, 0) is 36.4 Å². The van der Waals surface area contributed by atoms with Crippen molar-refractivity contribution in [3.05, 3.63) is 65.6 Å². The smallest absolute Gasteiger partial charge is 0.276 e. The number of carbonyl (C=O) groups excluding carboxylic acids is 1. The van der Waals surface area contributed by atoms with E-state index in [4.69, 9.17) is 4.42 Å². The number of hydrogen-bond acceptors (Lipinski definition) is 7. The second-order valence-corrected chi connectivity index (χ2v) is 7.82. The molecule has 29 heavy (non-hydrogen) atoms. The van der Waals surface area contributed by atoms with Crippen LogP contribution in [0.1, 0.15) is 35.1 Å². The van der Waals surface area contributed by atoms with Gasteiger partial charge in [0.2, 0.25) is 5.89 Å². The fourth-order valence-electron chi connectivity index (χ4n) is 3.47. The van der Waals surface area contributed by atoms with Gasteiger partial charge in [-0.15, -0.1) is 26.6 Å². The SMILES string of the molecule is O=C(c1cnn(-c2ccccc2)n1)N1CCC[C@@H](c2nnc(-c3cccs3)o2)C1. The zero-order valence-corrected chi connectivity index (χ0v) is 16.3. The molecule has 4 aromatic rings. The van der Waals surface area contributed by atoms with E-state index in [2.05, 4.69) is 20.4 Å². The van der Waals surface area contributed by atoms with Crippen molar-refractivity contribution in [2.24, 2.45) is 0 Å². The standard InChI is InChI=1S/C20H18N6O2S/c27-20(16-12-21-26(24-16)15-7-2-1-3-8-15)25-10-4-6-14(13-25)18-22-23-19(28-18)17-9-5-11-29-17/h1-3,5,7-9,11-12,14H,4,6,10,13H2/t14-/m1/s1. The van der Waals surface area contributed by atoms with Crippen molar-refractivity contribution in [1.29, 1.82) is 0 Å². The summed E-state index contributed by atoms with van der Waals surface area (Å²) in [6, 6.07) is 13.4. The average molecular weight is 406 g/mol. The minimum absolute atomic E-state index is 0.0260. The highest BCUT2D eigenvalue weighted by atomic mass is 32.1. The second-order valence-electron chi connectivity index (χ2n) is 6.87. The molecule has 4 heterocycles. The maximum atomic E-state index is 13.0. The van der Waals surface area contributed by atoms with Gasteiger partial charge in [0, 0.05) is 13.1 Å². The normalized spacial score (nSPS) is 16.8. The Kier molecular flexibility index (Phi) is 4.65. The molecule has 1 amide bonds. The predicted octanol–water partition coefficient (Wildman–Crippen LogP) is 3.40. The Morgan fingerprint density at radius 3 is 2.86 bits per heavy atom. The van der Waals surface area contributed by atoms with Crippen LogP contribution >= 0.6 is 11.3 Å². The molecule has 1 aliphatic rings. The number of likely N-dealkylation sites (tertiary alicyclic amines) is 1. The van der Waals surface area contributed by atoms with Crippen LogP contribution < -0.4 is 0 Å². The van der Waals surface area contributed by atoms with Crippen LogP contribution in [0.15, 0.2) is 58.5 Å². The summed E-state index contributed by atoms with van der Waals surface area (Å²) in [6.07, 6.45) is 3.30. The third-order valence-corrected chi connectivity index (χ3v) is 5.79. The highest BCUT2D eigenvalue weighted by molar-refractivity contribution is 7.13. The molecule has 0 aliphatic carbocycles. The summed E-state index contributed by atoms with van der Waals surface area (Å²) in [6.45, 7) is 1.21. The van der Waals surface area contributed by atoms with Crippen molar-refractivity contribution in [2.75, 3.05) is 13.1 Å². The highest BCUT2D eigenvalue weighted by Crippen LogP contribution is 2.30. The molecule has 1 aliphatic heterocycles. The van der Waals surface area contributed by atoms with Crippen LogP contribution in [-0.4, -0.2) is 49.1 Å². The van der Waals surface area contributed by atoms with Crippen LogP contribution in [0, 0.1) is 0 Å². The zero-order valence-electron chi connectivity index (χ0n) is 15.5. The molecule has 0 bridgehead atoms. The molecule has 146 valence electrons. The Morgan fingerprint density at radius 1 is 1.14 bits per heavy atom. The molecule has 0 saturated carbocycles. The monoisotopic (exact) mass is 406 g/mol. The van der Waals surface area contributed by atoms with Crippen LogP contribution in [0.5, 0.6) is 0 Å². The highest BCUT2D eigenvalue weighted by Gasteiger charge is 2.30. The van der Waals surface area contributed by atoms with E-state index in [-0.39, 0.29) is 11.8 Å². The molecular formula is C20H18N6O2S. The Bertz CT molecular complexity index is 1110. The first-order valence-electron chi connectivity index (χ1n) is 9.42. The number of benzene rings is 1. The topological polar surface area (TPSA) is 89.9 Å². The molecule has 5 rings (SSSR count). The van der Waals surface area contributed by atoms with Gasteiger partial charge < -0.3 is 9.32 Å². The molecule has 8 nitrogen and oxygen atoms in total.